The molecular formula is C27H23Br2N3O5. The molecule has 8 nitrogen and oxygen atoms in total. The fourth-order valence-electron chi connectivity index (χ4n) is 3.59. The Kier molecular flexibility index (Phi) is 10.8. The van der Waals surface area contributed by atoms with Gasteiger partial charge in [0.2, 0.25) is 24.7 Å². The lowest BCUT2D eigenvalue weighted by Gasteiger charge is -2.03. The number of pyridine rings is 2. The number of ether oxygens (including phenoxy) is 1. The lowest BCUT2D eigenvalue weighted by Crippen LogP contribution is -3.00. The van der Waals surface area contributed by atoms with Crippen LogP contribution < -0.4 is 47.8 Å². The number of nitrogens with zero attached hydrogens (tertiary/aromatic N) is 3. The van der Waals surface area contributed by atoms with Crippen molar-refractivity contribution in [2.24, 2.45) is 0 Å². The predicted molar refractivity (Wildman–Crippen MR) is 127 cm³/mol. The number of aromatic nitrogens is 2. The molecule has 4 aromatic rings. The summed E-state index contributed by atoms with van der Waals surface area (Å²) in [6, 6.07) is 20.3. The number of carbonyl (C=O) groups excluding carboxylic acids is 2. The molecule has 0 aliphatic rings. The van der Waals surface area contributed by atoms with E-state index in [0.717, 1.165) is 11.1 Å². The summed E-state index contributed by atoms with van der Waals surface area (Å²) in [4.78, 5) is 35.3. The third-order valence-electron chi connectivity index (χ3n) is 5.56. The first-order chi connectivity index (χ1) is 16.9. The van der Waals surface area contributed by atoms with Crippen LogP contribution in [0, 0.1) is 10.1 Å². The van der Waals surface area contributed by atoms with Gasteiger partial charge in [0.05, 0.1) is 12.0 Å². The molecule has 0 bridgehead atoms. The zero-order valence-electron chi connectivity index (χ0n) is 19.8. The van der Waals surface area contributed by atoms with E-state index >= 15 is 0 Å². The number of nitro groups is 1. The van der Waals surface area contributed by atoms with E-state index in [-0.39, 0.29) is 64.3 Å². The van der Waals surface area contributed by atoms with Gasteiger partial charge in [-0.1, -0.05) is 12.1 Å². The first-order valence-electron chi connectivity index (χ1n) is 10.9. The van der Waals surface area contributed by atoms with E-state index in [1.54, 1.807) is 35.9 Å². The molecule has 0 unspecified atom stereocenters. The van der Waals surface area contributed by atoms with Gasteiger partial charge >= 0.3 is 0 Å². The van der Waals surface area contributed by atoms with Gasteiger partial charge in [-0.05, 0) is 35.4 Å². The van der Waals surface area contributed by atoms with Crippen molar-refractivity contribution in [3.63, 3.8) is 0 Å². The monoisotopic (exact) mass is 627 g/mol. The van der Waals surface area contributed by atoms with Crippen molar-refractivity contribution in [1.82, 2.24) is 0 Å². The van der Waals surface area contributed by atoms with E-state index < -0.39 is 4.92 Å². The molecule has 0 aliphatic heterocycles. The van der Waals surface area contributed by atoms with E-state index in [4.69, 9.17) is 4.74 Å². The van der Waals surface area contributed by atoms with Gasteiger partial charge in [0.15, 0.2) is 24.8 Å². The Bertz CT molecular complexity index is 1380. The van der Waals surface area contributed by atoms with E-state index in [1.807, 2.05) is 53.6 Å². The highest BCUT2D eigenvalue weighted by atomic mass is 79.9. The average Bonchev–Trinajstić information content (AvgIpc) is 2.89. The quantitative estimate of drug-likeness (QED) is 0.0894. The van der Waals surface area contributed by atoms with Gasteiger partial charge in [-0.2, -0.15) is 9.13 Å². The van der Waals surface area contributed by atoms with Crippen LogP contribution >= 0.6 is 0 Å². The van der Waals surface area contributed by atoms with Gasteiger partial charge in [0, 0.05) is 47.5 Å². The van der Waals surface area contributed by atoms with E-state index in [0.29, 0.717) is 16.9 Å². The number of nitro benzene ring substituents is 1. The van der Waals surface area contributed by atoms with Crippen molar-refractivity contribution in [2.45, 2.75) is 13.1 Å². The van der Waals surface area contributed by atoms with Gasteiger partial charge in [-0.15, -0.1) is 0 Å². The topological polar surface area (TPSA) is 94.3 Å². The molecule has 37 heavy (non-hydrogen) atoms. The Labute approximate surface area is 234 Å². The number of carbonyl (C=O) groups is 2. The highest BCUT2D eigenvalue weighted by Crippen LogP contribution is 2.17. The summed E-state index contributed by atoms with van der Waals surface area (Å²) in [5, 5.41) is 10.8. The first-order valence-corrected chi connectivity index (χ1v) is 10.9. The lowest BCUT2D eigenvalue weighted by atomic mass is 10.1. The molecule has 0 saturated carbocycles. The molecule has 0 amide bonds. The van der Waals surface area contributed by atoms with Gasteiger partial charge in [-0.25, -0.2) is 0 Å². The van der Waals surface area contributed by atoms with E-state index in [1.165, 1.54) is 24.3 Å². The summed E-state index contributed by atoms with van der Waals surface area (Å²) in [7, 11) is 1.57. The standard InChI is InChI=1S/C27H23N3O5.2BrH/c1-35-25-4-2-3-23(17-25)27(32)19-29-15-11-21(12-16-29)20-9-13-28(14-10-20)18-26(31)22-5-7-24(8-6-22)30(33)34;;/h2-17H,18-19H2,1H3;2*1H/q+2;;/p-2. The molecule has 0 spiro atoms. The highest BCUT2D eigenvalue weighted by Gasteiger charge is 2.15. The smallest absolute Gasteiger partial charge is 0.269 e. The molecule has 10 heteroatoms. The van der Waals surface area contributed by atoms with E-state index in [2.05, 4.69) is 0 Å². The molecule has 0 fully saturated rings. The second-order valence-electron chi connectivity index (χ2n) is 7.90. The minimum Gasteiger partial charge on any atom is -1.00 e. The van der Waals surface area contributed by atoms with Crippen LogP contribution in [0.1, 0.15) is 20.7 Å². The molecule has 2 aromatic heterocycles. The Morgan fingerprint density at radius 1 is 0.757 bits per heavy atom. The summed E-state index contributed by atoms with van der Waals surface area (Å²) in [5.41, 5.74) is 2.91. The van der Waals surface area contributed by atoms with Crippen LogP contribution in [0.15, 0.2) is 97.6 Å². The minimum absolute atomic E-state index is 0. The van der Waals surface area contributed by atoms with E-state index in [9.17, 15) is 19.7 Å². The molecule has 0 aliphatic carbocycles. The maximum atomic E-state index is 12.6. The Hall–Kier alpha value is -3.76. The van der Waals surface area contributed by atoms with Crippen LogP contribution in [0.5, 0.6) is 5.75 Å². The number of hydrogen-bond donors (Lipinski definition) is 0. The number of Topliss-reactive ketones (excluding diaryl/α,β-unsaturated/α-hetero) is 2. The first kappa shape index (κ1) is 29.5. The molecular weight excluding hydrogens is 606 g/mol. The fraction of sp³-hybridized carbons (Fsp3) is 0.111. The Morgan fingerprint density at radius 2 is 1.24 bits per heavy atom. The maximum absolute atomic E-state index is 12.6. The number of non-ortho nitro benzene ring substituents is 1. The van der Waals surface area contributed by atoms with Crippen molar-refractivity contribution in [3.05, 3.63) is 119 Å². The number of benzene rings is 2. The van der Waals surface area contributed by atoms with Crippen LogP contribution in [0.2, 0.25) is 0 Å². The fourth-order valence-corrected chi connectivity index (χ4v) is 3.59. The number of rotatable bonds is 9. The Morgan fingerprint density at radius 3 is 1.70 bits per heavy atom. The summed E-state index contributed by atoms with van der Waals surface area (Å²) in [6.45, 7) is 0.340. The van der Waals surface area contributed by atoms with Crippen LogP contribution in [0.4, 0.5) is 5.69 Å². The molecule has 2 aromatic carbocycles. The summed E-state index contributed by atoms with van der Waals surface area (Å²) in [6.07, 6.45) is 7.33. The normalized spacial score (nSPS) is 9.97. The zero-order chi connectivity index (χ0) is 24.8. The molecule has 0 saturated heterocycles. The molecule has 2 heterocycles. The van der Waals surface area contributed by atoms with Crippen molar-refractivity contribution in [2.75, 3.05) is 7.11 Å². The third kappa shape index (κ3) is 7.61. The number of ketones is 2. The second-order valence-corrected chi connectivity index (χ2v) is 7.90. The zero-order valence-corrected chi connectivity index (χ0v) is 23.0. The molecule has 190 valence electrons. The van der Waals surface area contributed by atoms with Gasteiger partial charge < -0.3 is 38.7 Å². The van der Waals surface area contributed by atoms with Crippen molar-refractivity contribution in [1.29, 1.82) is 0 Å². The average molecular weight is 629 g/mol. The van der Waals surface area contributed by atoms with Crippen molar-refractivity contribution < 1.29 is 62.3 Å². The SMILES string of the molecule is COc1cccc(C(=O)C[n+]2ccc(-c3cc[n+](CC(=O)c4ccc([N+](=O)[O-])cc4)cc3)cc2)c1.[Br-].[Br-]. The van der Waals surface area contributed by atoms with Gasteiger partial charge in [0.25, 0.3) is 5.69 Å². The minimum atomic E-state index is -0.495. The molecule has 0 atom stereocenters. The van der Waals surface area contributed by atoms with Crippen LogP contribution in [0.25, 0.3) is 11.1 Å². The lowest BCUT2D eigenvalue weighted by molar-refractivity contribution is -0.683. The van der Waals surface area contributed by atoms with Crippen LogP contribution in [-0.4, -0.2) is 23.6 Å². The number of hydrogen-bond acceptors (Lipinski definition) is 5. The molecule has 0 radical (unpaired) electrons. The molecule has 0 N–H and O–H groups in total. The van der Waals surface area contributed by atoms with Gasteiger partial charge in [0.1, 0.15) is 5.75 Å². The van der Waals surface area contributed by atoms with Crippen molar-refractivity contribution in [3.8, 4) is 16.9 Å². The maximum Gasteiger partial charge on any atom is 0.269 e. The third-order valence-corrected chi connectivity index (χ3v) is 5.56. The summed E-state index contributed by atoms with van der Waals surface area (Å²) < 4.78 is 8.75. The number of methoxy groups -OCH3 is 1. The second kappa shape index (κ2) is 13.5. The summed E-state index contributed by atoms with van der Waals surface area (Å²) in [5.74, 6) is 0.492. The van der Waals surface area contributed by atoms with Gasteiger partial charge in [-0.3, -0.25) is 19.7 Å². The largest absolute Gasteiger partial charge is 1.00 e. The Balaban J connectivity index is 0.00000241. The highest BCUT2D eigenvalue weighted by molar-refractivity contribution is 5.95. The molecule has 4 rings (SSSR count). The van der Waals surface area contributed by atoms with Crippen LogP contribution in [0.3, 0.4) is 0 Å². The van der Waals surface area contributed by atoms with Crippen LogP contribution in [-0.2, 0) is 13.1 Å². The predicted octanol–water partition coefficient (Wildman–Crippen LogP) is -2.38. The number of halogens is 2. The summed E-state index contributed by atoms with van der Waals surface area (Å²) >= 11 is 0. The van der Waals surface area contributed by atoms with Crippen molar-refractivity contribution >= 4 is 17.3 Å².